The van der Waals surface area contributed by atoms with Gasteiger partial charge in [-0.2, -0.15) is 0 Å². The minimum atomic E-state index is -0.863. The summed E-state index contributed by atoms with van der Waals surface area (Å²) < 4.78 is 0. The van der Waals surface area contributed by atoms with Gasteiger partial charge in [0, 0.05) is 12.6 Å². The van der Waals surface area contributed by atoms with Crippen LogP contribution in [0.5, 0.6) is 0 Å². The molecule has 2 rings (SSSR count). The third-order valence-electron chi connectivity index (χ3n) is 3.65. The molecule has 1 aliphatic carbocycles. The third kappa shape index (κ3) is 5.21. The Bertz CT molecular complexity index is 384. The largest absolute Gasteiger partial charge is 0.478 e. The van der Waals surface area contributed by atoms with Gasteiger partial charge in [-0.15, -0.1) is 12.4 Å². The molecule has 106 valence electrons. The van der Waals surface area contributed by atoms with Gasteiger partial charge in [-0.25, -0.2) is 4.79 Å². The van der Waals surface area contributed by atoms with Gasteiger partial charge in [0.2, 0.25) is 0 Å². The van der Waals surface area contributed by atoms with Crippen LogP contribution in [0, 0.1) is 0 Å². The summed E-state index contributed by atoms with van der Waals surface area (Å²) in [4.78, 5) is 10.7. The van der Waals surface area contributed by atoms with Gasteiger partial charge in [0.25, 0.3) is 0 Å². The van der Waals surface area contributed by atoms with Crippen molar-refractivity contribution in [3.05, 3.63) is 35.4 Å². The fourth-order valence-corrected chi connectivity index (χ4v) is 2.51. The summed E-state index contributed by atoms with van der Waals surface area (Å²) >= 11 is 0. The molecule has 0 spiro atoms. The summed E-state index contributed by atoms with van der Waals surface area (Å²) in [5.41, 5.74) is 1.51. The Balaban J connectivity index is 0.00000180. The van der Waals surface area contributed by atoms with E-state index in [1.165, 1.54) is 38.5 Å². The van der Waals surface area contributed by atoms with Crippen LogP contribution < -0.4 is 5.32 Å². The molecular formula is C15H22ClNO2. The van der Waals surface area contributed by atoms with Crippen molar-refractivity contribution in [1.82, 2.24) is 5.32 Å². The van der Waals surface area contributed by atoms with Crippen molar-refractivity contribution < 1.29 is 9.90 Å². The number of nitrogens with one attached hydrogen (secondary N) is 1. The molecule has 4 heteroatoms. The first-order chi connectivity index (χ1) is 8.75. The molecule has 1 saturated carbocycles. The predicted molar refractivity (Wildman–Crippen MR) is 79.0 cm³/mol. The molecule has 0 radical (unpaired) electrons. The standard InChI is InChI=1S/C15H21NO2.ClH/c17-15(18)13-9-7-12(8-10-13)11-16-14-5-3-1-2-4-6-14;/h7-10,14,16H,1-6,11H2,(H,17,18);1H. The molecular weight excluding hydrogens is 262 g/mol. The van der Waals surface area contributed by atoms with Gasteiger partial charge in [-0.3, -0.25) is 0 Å². The summed E-state index contributed by atoms with van der Waals surface area (Å²) in [5.74, 6) is -0.863. The van der Waals surface area contributed by atoms with Gasteiger partial charge in [-0.1, -0.05) is 37.8 Å². The molecule has 0 bridgehead atoms. The molecule has 0 heterocycles. The van der Waals surface area contributed by atoms with Crippen molar-refractivity contribution in [3.63, 3.8) is 0 Å². The average Bonchev–Trinajstić information content (AvgIpc) is 2.65. The van der Waals surface area contributed by atoms with Crippen molar-refractivity contribution in [3.8, 4) is 0 Å². The zero-order chi connectivity index (χ0) is 12.8. The molecule has 0 amide bonds. The average molecular weight is 284 g/mol. The van der Waals surface area contributed by atoms with E-state index in [0.29, 0.717) is 11.6 Å². The van der Waals surface area contributed by atoms with Crippen LogP contribution in [0.3, 0.4) is 0 Å². The number of carboxylic acid groups (broad SMARTS) is 1. The number of benzene rings is 1. The second-order valence-electron chi connectivity index (χ2n) is 5.07. The number of hydrogen-bond acceptors (Lipinski definition) is 2. The lowest BCUT2D eigenvalue weighted by Crippen LogP contribution is -2.27. The number of halogens is 1. The zero-order valence-corrected chi connectivity index (χ0v) is 11.9. The lowest BCUT2D eigenvalue weighted by molar-refractivity contribution is 0.0697. The molecule has 1 aliphatic rings. The third-order valence-corrected chi connectivity index (χ3v) is 3.65. The van der Waals surface area contributed by atoms with Gasteiger partial charge in [0.05, 0.1) is 5.56 Å². The number of hydrogen-bond donors (Lipinski definition) is 2. The SMILES string of the molecule is Cl.O=C(O)c1ccc(CNC2CCCCCC2)cc1. The van der Waals surface area contributed by atoms with Crippen molar-refractivity contribution >= 4 is 18.4 Å². The van der Waals surface area contributed by atoms with E-state index in [9.17, 15) is 4.79 Å². The first kappa shape index (κ1) is 16.0. The van der Waals surface area contributed by atoms with Crippen LogP contribution in [-0.2, 0) is 6.54 Å². The van der Waals surface area contributed by atoms with Crippen LogP contribution in [0.15, 0.2) is 24.3 Å². The summed E-state index contributed by atoms with van der Waals surface area (Å²) in [6.07, 6.45) is 7.93. The quantitative estimate of drug-likeness (QED) is 0.830. The van der Waals surface area contributed by atoms with E-state index >= 15 is 0 Å². The van der Waals surface area contributed by atoms with Gasteiger partial charge < -0.3 is 10.4 Å². The minimum absolute atomic E-state index is 0. The maximum Gasteiger partial charge on any atom is 0.335 e. The van der Waals surface area contributed by atoms with Gasteiger partial charge in [-0.05, 0) is 30.5 Å². The summed E-state index contributed by atoms with van der Waals surface area (Å²) in [5, 5.41) is 12.4. The van der Waals surface area contributed by atoms with E-state index in [4.69, 9.17) is 5.11 Å². The molecule has 0 unspecified atom stereocenters. The van der Waals surface area contributed by atoms with E-state index in [2.05, 4.69) is 5.32 Å². The second kappa shape index (κ2) is 8.18. The Morgan fingerprint density at radius 2 is 1.68 bits per heavy atom. The van der Waals surface area contributed by atoms with Crippen LogP contribution in [0.25, 0.3) is 0 Å². The van der Waals surface area contributed by atoms with Crippen LogP contribution in [0.4, 0.5) is 0 Å². The van der Waals surface area contributed by atoms with E-state index in [1.807, 2.05) is 12.1 Å². The molecule has 2 N–H and O–H groups in total. The number of aromatic carboxylic acids is 1. The van der Waals surface area contributed by atoms with E-state index < -0.39 is 5.97 Å². The highest BCUT2D eigenvalue weighted by Crippen LogP contribution is 2.17. The van der Waals surface area contributed by atoms with Crippen molar-refractivity contribution in [1.29, 1.82) is 0 Å². The number of rotatable bonds is 4. The molecule has 1 aromatic carbocycles. The highest BCUT2D eigenvalue weighted by Gasteiger charge is 2.11. The smallest absolute Gasteiger partial charge is 0.335 e. The van der Waals surface area contributed by atoms with Crippen molar-refractivity contribution in [2.45, 2.75) is 51.1 Å². The fourth-order valence-electron chi connectivity index (χ4n) is 2.51. The molecule has 0 aromatic heterocycles. The van der Waals surface area contributed by atoms with Gasteiger partial charge in [0.1, 0.15) is 0 Å². The van der Waals surface area contributed by atoms with Gasteiger partial charge >= 0.3 is 5.97 Å². The van der Waals surface area contributed by atoms with Crippen molar-refractivity contribution in [2.24, 2.45) is 0 Å². The fraction of sp³-hybridized carbons (Fsp3) is 0.533. The molecule has 3 nitrogen and oxygen atoms in total. The van der Waals surface area contributed by atoms with E-state index in [0.717, 1.165) is 12.1 Å². The molecule has 1 fully saturated rings. The Morgan fingerprint density at radius 3 is 2.21 bits per heavy atom. The lowest BCUT2D eigenvalue weighted by atomic mass is 10.1. The maximum absolute atomic E-state index is 10.7. The number of carboxylic acids is 1. The molecule has 19 heavy (non-hydrogen) atoms. The monoisotopic (exact) mass is 283 g/mol. The van der Waals surface area contributed by atoms with Crippen molar-refractivity contribution in [2.75, 3.05) is 0 Å². The highest BCUT2D eigenvalue weighted by atomic mass is 35.5. The highest BCUT2D eigenvalue weighted by molar-refractivity contribution is 5.87. The van der Waals surface area contributed by atoms with Crippen LogP contribution >= 0.6 is 12.4 Å². The molecule has 0 saturated heterocycles. The van der Waals surface area contributed by atoms with Crippen LogP contribution in [0.2, 0.25) is 0 Å². The zero-order valence-electron chi connectivity index (χ0n) is 11.1. The first-order valence-corrected chi connectivity index (χ1v) is 6.81. The molecule has 1 aromatic rings. The Kier molecular flexibility index (Phi) is 6.89. The lowest BCUT2D eigenvalue weighted by Gasteiger charge is -2.16. The minimum Gasteiger partial charge on any atom is -0.478 e. The molecule has 0 atom stereocenters. The Labute approximate surface area is 120 Å². The van der Waals surface area contributed by atoms with Gasteiger partial charge in [0.15, 0.2) is 0 Å². The Morgan fingerprint density at radius 1 is 1.11 bits per heavy atom. The topological polar surface area (TPSA) is 49.3 Å². The van der Waals surface area contributed by atoms with E-state index in [-0.39, 0.29) is 12.4 Å². The maximum atomic E-state index is 10.7. The summed E-state index contributed by atoms with van der Waals surface area (Å²) in [6, 6.07) is 7.77. The van der Waals surface area contributed by atoms with Crippen LogP contribution in [-0.4, -0.2) is 17.1 Å². The first-order valence-electron chi connectivity index (χ1n) is 6.81. The predicted octanol–water partition coefficient (Wildman–Crippen LogP) is 3.62. The summed E-state index contributed by atoms with van der Waals surface area (Å²) in [6.45, 7) is 0.838. The second-order valence-corrected chi connectivity index (χ2v) is 5.07. The summed E-state index contributed by atoms with van der Waals surface area (Å²) in [7, 11) is 0. The number of carbonyl (C=O) groups is 1. The Hall–Kier alpha value is -1.06. The molecule has 0 aliphatic heterocycles. The van der Waals surface area contributed by atoms with E-state index in [1.54, 1.807) is 12.1 Å². The van der Waals surface area contributed by atoms with Crippen LogP contribution in [0.1, 0.15) is 54.4 Å². The normalized spacial score (nSPS) is 16.4.